The van der Waals surface area contributed by atoms with Crippen LogP contribution in [0.1, 0.15) is 30.1 Å². The standard InChI is InChI=1S/C17H18N4O3/c1-2-3-10-24-14-6-4-13(5-7-14)15(22)12-21-17(23)20-9-8-18-11-16(20)19-21/h4-9,11H,2-3,10,12H2,1H3. The number of hydrogen-bond donors (Lipinski definition) is 0. The molecule has 3 aromatic rings. The van der Waals surface area contributed by atoms with Gasteiger partial charge in [-0.3, -0.25) is 9.78 Å². The van der Waals surface area contributed by atoms with Crippen molar-refractivity contribution in [2.75, 3.05) is 6.61 Å². The minimum atomic E-state index is -0.361. The van der Waals surface area contributed by atoms with Crippen molar-refractivity contribution < 1.29 is 9.53 Å². The topological polar surface area (TPSA) is 78.5 Å². The Morgan fingerprint density at radius 2 is 2.04 bits per heavy atom. The van der Waals surface area contributed by atoms with Gasteiger partial charge in [0.1, 0.15) is 12.3 Å². The molecule has 2 aromatic heterocycles. The van der Waals surface area contributed by atoms with E-state index in [1.165, 1.54) is 23.0 Å². The number of fused-ring (bicyclic) bond motifs is 1. The zero-order chi connectivity index (χ0) is 16.9. The fourth-order valence-electron chi connectivity index (χ4n) is 2.28. The van der Waals surface area contributed by atoms with Gasteiger partial charge < -0.3 is 4.74 Å². The minimum absolute atomic E-state index is 0.115. The molecule has 7 nitrogen and oxygen atoms in total. The smallest absolute Gasteiger partial charge is 0.350 e. The van der Waals surface area contributed by atoms with Crippen LogP contribution in [0.4, 0.5) is 0 Å². The number of unbranched alkanes of at least 4 members (excludes halogenated alkanes) is 1. The van der Waals surface area contributed by atoms with Gasteiger partial charge in [0.05, 0.1) is 12.8 Å². The largest absolute Gasteiger partial charge is 0.494 e. The molecule has 24 heavy (non-hydrogen) atoms. The quantitative estimate of drug-likeness (QED) is 0.490. The van der Waals surface area contributed by atoms with Crippen molar-refractivity contribution in [1.29, 1.82) is 0 Å². The van der Waals surface area contributed by atoms with Crippen LogP contribution < -0.4 is 10.4 Å². The summed E-state index contributed by atoms with van der Waals surface area (Å²) in [6, 6.07) is 6.93. The maximum atomic E-state index is 12.3. The Morgan fingerprint density at radius 1 is 1.25 bits per heavy atom. The van der Waals surface area contributed by atoms with Crippen molar-refractivity contribution in [3.8, 4) is 5.75 Å². The molecular formula is C17H18N4O3. The third kappa shape index (κ3) is 3.34. The Bertz CT molecular complexity index is 896. The van der Waals surface area contributed by atoms with E-state index in [1.807, 2.05) is 0 Å². The van der Waals surface area contributed by atoms with Gasteiger partial charge in [-0.05, 0) is 30.7 Å². The Hall–Kier alpha value is -2.96. The summed E-state index contributed by atoms with van der Waals surface area (Å²) >= 11 is 0. The lowest BCUT2D eigenvalue weighted by Crippen LogP contribution is -2.25. The lowest BCUT2D eigenvalue weighted by atomic mass is 10.1. The van der Waals surface area contributed by atoms with Gasteiger partial charge >= 0.3 is 5.69 Å². The van der Waals surface area contributed by atoms with Crippen LogP contribution in [0, 0.1) is 0 Å². The van der Waals surface area contributed by atoms with Gasteiger partial charge in [-0.25, -0.2) is 13.9 Å². The van der Waals surface area contributed by atoms with Gasteiger partial charge in [-0.15, -0.1) is 5.10 Å². The van der Waals surface area contributed by atoms with Crippen molar-refractivity contribution in [3.63, 3.8) is 0 Å². The Balaban J connectivity index is 1.72. The lowest BCUT2D eigenvalue weighted by molar-refractivity contribution is 0.0966. The van der Waals surface area contributed by atoms with Crippen LogP contribution in [0.3, 0.4) is 0 Å². The summed E-state index contributed by atoms with van der Waals surface area (Å²) in [7, 11) is 0. The number of Topliss-reactive ketones (excluding diaryl/α,β-unsaturated/α-hetero) is 1. The molecule has 0 bridgehead atoms. The van der Waals surface area contributed by atoms with Crippen LogP contribution >= 0.6 is 0 Å². The van der Waals surface area contributed by atoms with Crippen LogP contribution in [0.2, 0.25) is 0 Å². The van der Waals surface area contributed by atoms with E-state index in [0.29, 0.717) is 17.8 Å². The molecule has 0 aliphatic carbocycles. The molecule has 1 aromatic carbocycles. The summed E-state index contributed by atoms with van der Waals surface area (Å²) < 4.78 is 8.07. The first-order chi connectivity index (χ1) is 11.7. The Labute approximate surface area is 138 Å². The number of ether oxygens (including phenoxy) is 1. The van der Waals surface area contributed by atoms with Gasteiger partial charge in [0.15, 0.2) is 11.4 Å². The molecular weight excluding hydrogens is 308 g/mol. The van der Waals surface area contributed by atoms with E-state index < -0.39 is 0 Å². The fourth-order valence-corrected chi connectivity index (χ4v) is 2.28. The van der Waals surface area contributed by atoms with Crippen molar-refractivity contribution in [3.05, 3.63) is 58.9 Å². The van der Waals surface area contributed by atoms with Crippen LogP contribution in [-0.2, 0) is 6.54 Å². The second kappa shape index (κ2) is 7.08. The maximum Gasteiger partial charge on any atom is 0.350 e. The molecule has 0 unspecified atom stereocenters. The normalized spacial score (nSPS) is 10.9. The molecule has 0 radical (unpaired) electrons. The maximum absolute atomic E-state index is 12.3. The Morgan fingerprint density at radius 3 is 2.75 bits per heavy atom. The van der Waals surface area contributed by atoms with Crippen molar-refractivity contribution in [2.45, 2.75) is 26.3 Å². The average molecular weight is 326 g/mol. The van der Waals surface area contributed by atoms with Crippen LogP contribution in [-0.4, -0.2) is 31.6 Å². The highest BCUT2D eigenvalue weighted by Gasteiger charge is 2.12. The lowest BCUT2D eigenvalue weighted by Gasteiger charge is -2.06. The van der Waals surface area contributed by atoms with Gasteiger partial charge in [-0.1, -0.05) is 13.3 Å². The molecule has 2 heterocycles. The predicted molar refractivity (Wildman–Crippen MR) is 88.4 cm³/mol. The molecule has 124 valence electrons. The summed E-state index contributed by atoms with van der Waals surface area (Å²) in [5.41, 5.74) is 0.565. The molecule has 0 aliphatic rings. The molecule has 0 saturated carbocycles. The first-order valence-corrected chi connectivity index (χ1v) is 7.84. The van der Waals surface area contributed by atoms with Crippen LogP contribution in [0.15, 0.2) is 47.7 Å². The summed E-state index contributed by atoms with van der Waals surface area (Å²) in [5, 5.41) is 4.10. The number of hydrogen-bond acceptors (Lipinski definition) is 5. The second-order valence-electron chi connectivity index (χ2n) is 5.39. The molecule has 0 N–H and O–H groups in total. The summed E-state index contributed by atoms with van der Waals surface area (Å²) in [4.78, 5) is 28.4. The molecule has 0 fully saturated rings. The molecule has 7 heteroatoms. The number of carbonyl (C=O) groups excluding carboxylic acids is 1. The molecule has 0 spiro atoms. The van der Waals surface area contributed by atoms with Gasteiger partial charge in [0.25, 0.3) is 0 Å². The molecule has 0 atom stereocenters. The minimum Gasteiger partial charge on any atom is -0.494 e. The fraction of sp³-hybridized carbons (Fsp3) is 0.294. The number of ketones is 1. The van der Waals surface area contributed by atoms with E-state index in [-0.39, 0.29) is 18.0 Å². The summed E-state index contributed by atoms with van der Waals surface area (Å²) in [6.07, 6.45) is 6.56. The number of aromatic nitrogens is 4. The molecule has 3 rings (SSSR count). The van der Waals surface area contributed by atoms with E-state index in [0.717, 1.165) is 23.3 Å². The van der Waals surface area contributed by atoms with E-state index in [2.05, 4.69) is 17.0 Å². The summed E-state index contributed by atoms with van der Waals surface area (Å²) in [6.45, 7) is 2.65. The SMILES string of the molecule is CCCCOc1ccc(C(=O)Cn2nc3cnccn3c2=O)cc1. The van der Waals surface area contributed by atoms with E-state index in [1.54, 1.807) is 24.3 Å². The number of rotatable bonds is 7. The summed E-state index contributed by atoms with van der Waals surface area (Å²) in [5.74, 6) is 0.546. The molecule has 0 aliphatic heterocycles. The first-order valence-electron chi connectivity index (χ1n) is 7.84. The third-order valence-corrected chi connectivity index (χ3v) is 3.62. The van der Waals surface area contributed by atoms with E-state index in [9.17, 15) is 9.59 Å². The van der Waals surface area contributed by atoms with E-state index in [4.69, 9.17) is 4.74 Å². The zero-order valence-electron chi connectivity index (χ0n) is 13.4. The van der Waals surface area contributed by atoms with Crippen molar-refractivity contribution in [2.24, 2.45) is 0 Å². The van der Waals surface area contributed by atoms with E-state index >= 15 is 0 Å². The third-order valence-electron chi connectivity index (χ3n) is 3.62. The zero-order valence-corrected chi connectivity index (χ0v) is 13.4. The van der Waals surface area contributed by atoms with Gasteiger partial charge in [0, 0.05) is 18.0 Å². The second-order valence-corrected chi connectivity index (χ2v) is 5.39. The van der Waals surface area contributed by atoms with Crippen LogP contribution in [0.5, 0.6) is 5.75 Å². The molecule has 0 saturated heterocycles. The highest BCUT2D eigenvalue weighted by atomic mass is 16.5. The predicted octanol–water partition coefficient (Wildman–Crippen LogP) is 1.95. The monoisotopic (exact) mass is 326 g/mol. The number of nitrogens with zero attached hydrogens (tertiary/aromatic N) is 4. The van der Waals surface area contributed by atoms with Crippen LogP contribution in [0.25, 0.3) is 5.65 Å². The first kappa shape index (κ1) is 15.9. The highest BCUT2D eigenvalue weighted by Crippen LogP contribution is 2.13. The van der Waals surface area contributed by atoms with Gasteiger partial charge in [0.2, 0.25) is 0 Å². The van der Waals surface area contributed by atoms with Crippen molar-refractivity contribution >= 4 is 11.4 Å². The highest BCUT2D eigenvalue weighted by molar-refractivity contribution is 5.95. The Kier molecular flexibility index (Phi) is 4.69. The average Bonchev–Trinajstić information content (AvgIpc) is 2.92. The number of carbonyl (C=O) groups is 1. The van der Waals surface area contributed by atoms with Crippen molar-refractivity contribution in [1.82, 2.24) is 19.2 Å². The number of benzene rings is 1. The molecule has 0 amide bonds. The van der Waals surface area contributed by atoms with Gasteiger partial charge in [-0.2, -0.15) is 0 Å².